The number of likely N-dealkylation sites (tertiary alicyclic amines) is 1. The normalized spacial score (nSPS) is 17.5. The molecule has 7 heteroatoms. The third-order valence-corrected chi connectivity index (χ3v) is 4.84. The van der Waals surface area contributed by atoms with Gasteiger partial charge in [-0.25, -0.2) is 4.79 Å². The van der Waals surface area contributed by atoms with Gasteiger partial charge in [-0.2, -0.15) is 10.2 Å². The van der Waals surface area contributed by atoms with Crippen LogP contribution >= 0.6 is 0 Å². The molecule has 3 rings (SSSR count). The number of aryl methyl sites for hydroxylation is 3. The number of H-pyrrole nitrogens is 1. The van der Waals surface area contributed by atoms with Crippen LogP contribution in [0.3, 0.4) is 0 Å². The predicted octanol–water partition coefficient (Wildman–Crippen LogP) is 3.64. The molecule has 3 heterocycles. The number of hydrogen-bond acceptors (Lipinski definition) is 3. The third kappa shape index (κ3) is 3.86. The molecule has 1 aliphatic rings. The highest BCUT2D eigenvalue weighted by Gasteiger charge is 2.33. The third-order valence-electron chi connectivity index (χ3n) is 4.84. The summed E-state index contributed by atoms with van der Waals surface area (Å²) < 4.78 is 1.89. The molecule has 0 saturated carbocycles. The van der Waals surface area contributed by atoms with Gasteiger partial charge in [-0.15, -0.1) is 0 Å². The Hall–Kier alpha value is -2.31. The second kappa shape index (κ2) is 7.29. The minimum atomic E-state index is -0.0865. The summed E-state index contributed by atoms with van der Waals surface area (Å²) in [5.41, 5.74) is 3.16. The van der Waals surface area contributed by atoms with Crippen LogP contribution < -0.4 is 5.32 Å². The number of aromatic nitrogens is 4. The highest BCUT2D eigenvalue weighted by Crippen LogP contribution is 2.35. The summed E-state index contributed by atoms with van der Waals surface area (Å²) in [4.78, 5) is 14.7. The van der Waals surface area contributed by atoms with E-state index in [2.05, 4.69) is 34.5 Å². The van der Waals surface area contributed by atoms with Gasteiger partial charge in [0.05, 0.1) is 11.7 Å². The average molecular weight is 344 g/mol. The lowest BCUT2D eigenvalue weighted by molar-refractivity contribution is 0.206. The van der Waals surface area contributed by atoms with E-state index >= 15 is 0 Å². The maximum absolute atomic E-state index is 12.8. The minimum absolute atomic E-state index is 0.0850. The van der Waals surface area contributed by atoms with Crippen molar-refractivity contribution in [2.24, 2.45) is 5.92 Å². The standard InChI is InChI=1S/C18H28N6O/c1-12(2)7-10-23-11-8-16(22-23)19-18(25)24-9-5-6-15(24)17-13(3)20-21-14(17)4/h8,11-12,15H,5-7,9-10H2,1-4H3,(H,20,21)(H,19,22,25). The summed E-state index contributed by atoms with van der Waals surface area (Å²) in [6, 6.07) is 1.86. The van der Waals surface area contributed by atoms with E-state index < -0.39 is 0 Å². The van der Waals surface area contributed by atoms with Crippen molar-refractivity contribution in [2.45, 2.75) is 59.5 Å². The summed E-state index contributed by atoms with van der Waals surface area (Å²) in [5.74, 6) is 1.24. The van der Waals surface area contributed by atoms with Crippen molar-refractivity contribution in [3.63, 3.8) is 0 Å². The van der Waals surface area contributed by atoms with Crippen molar-refractivity contribution in [3.8, 4) is 0 Å². The minimum Gasteiger partial charge on any atom is -0.317 e. The lowest BCUT2D eigenvalue weighted by atomic mass is 10.0. The van der Waals surface area contributed by atoms with E-state index in [0.29, 0.717) is 11.7 Å². The second-order valence-electron chi connectivity index (χ2n) is 7.28. The number of nitrogens with zero attached hydrogens (tertiary/aromatic N) is 4. The van der Waals surface area contributed by atoms with Crippen LogP contribution in [-0.2, 0) is 6.54 Å². The summed E-state index contributed by atoms with van der Waals surface area (Å²) in [7, 11) is 0. The summed E-state index contributed by atoms with van der Waals surface area (Å²) in [6.07, 6.45) is 4.97. The van der Waals surface area contributed by atoms with Crippen LogP contribution in [0.4, 0.5) is 10.6 Å². The summed E-state index contributed by atoms with van der Waals surface area (Å²) in [6.45, 7) is 10.0. The lowest BCUT2D eigenvalue weighted by Gasteiger charge is -2.25. The fourth-order valence-electron chi connectivity index (χ4n) is 3.49. The van der Waals surface area contributed by atoms with Gasteiger partial charge in [-0.1, -0.05) is 13.8 Å². The van der Waals surface area contributed by atoms with Gasteiger partial charge in [0.15, 0.2) is 5.82 Å². The molecule has 136 valence electrons. The van der Waals surface area contributed by atoms with Gasteiger partial charge in [-0.05, 0) is 39.0 Å². The van der Waals surface area contributed by atoms with Crippen LogP contribution in [0.1, 0.15) is 56.1 Å². The largest absolute Gasteiger partial charge is 0.323 e. The average Bonchev–Trinajstić information content (AvgIpc) is 3.26. The maximum atomic E-state index is 12.8. The first kappa shape index (κ1) is 17.5. The molecule has 2 aromatic rings. The lowest BCUT2D eigenvalue weighted by Crippen LogP contribution is -2.35. The molecule has 25 heavy (non-hydrogen) atoms. The molecule has 7 nitrogen and oxygen atoms in total. The second-order valence-corrected chi connectivity index (χ2v) is 7.28. The fourth-order valence-corrected chi connectivity index (χ4v) is 3.49. The molecule has 0 radical (unpaired) electrons. The first-order valence-electron chi connectivity index (χ1n) is 9.08. The van der Waals surface area contributed by atoms with E-state index in [1.165, 1.54) is 0 Å². The van der Waals surface area contributed by atoms with Crippen molar-refractivity contribution >= 4 is 11.8 Å². The zero-order valence-corrected chi connectivity index (χ0v) is 15.5. The van der Waals surface area contributed by atoms with Gasteiger partial charge >= 0.3 is 6.03 Å². The molecule has 1 aliphatic heterocycles. The molecular formula is C18H28N6O. The monoisotopic (exact) mass is 344 g/mol. The van der Waals surface area contributed by atoms with E-state index in [-0.39, 0.29) is 12.1 Å². The van der Waals surface area contributed by atoms with E-state index in [4.69, 9.17) is 0 Å². The first-order chi connectivity index (χ1) is 12.0. The number of amides is 2. The molecule has 1 unspecified atom stereocenters. The number of hydrogen-bond donors (Lipinski definition) is 2. The zero-order chi connectivity index (χ0) is 18.0. The number of urea groups is 1. The number of nitrogens with one attached hydrogen (secondary N) is 2. The molecule has 2 aromatic heterocycles. The number of aromatic amines is 1. The molecule has 1 atom stereocenters. The Morgan fingerprint density at radius 3 is 2.92 bits per heavy atom. The quantitative estimate of drug-likeness (QED) is 0.869. The molecule has 2 N–H and O–H groups in total. The molecular weight excluding hydrogens is 316 g/mol. The van der Waals surface area contributed by atoms with Gasteiger partial charge in [0.1, 0.15) is 0 Å². The van der Waals surface area contributed by atoms with Crippen molar-refractivity contribution in [1.82, 2.24) is 24.9 Å². The predicted molar refractivity (Wildman–Crippen MR) is 97.4 cm³/mol. The van der Waals surface area contributed by atoms with E-state index in [1.807, 2.05) is 35.7 Å². The van der Waals surface area contributed by atoms with Crippen molar-refractivity contribution in [1.29, 1.82) is 0 Å². The molecule has 0 bridgehead atoms. The fraction of sp³-hybridized carbons (Fsp3) is 0.611. The Kier molecular flexibility index (Phi) is 5.11. The zero-order valence-electron chi connectivity index (χ0n) is 15.5. The number of rotatable bonds is 5. The number of carbonyl (C=O) groups excluding carboxylic acids is 1. The molecule has 0 aliphatic carbocycles. The van der Waals surface area contributed by atoms with Crippen LogP contribution in [-0.4, -0.2) is 37.5 Å². The van der Waals surface area contributed by atoms with Gasteiger partial charge < -0.3 is 4.90 Å². The van der Waals surface area contributed by atoms with Crippen molar-refractivity contribution in [3.05, 3.63) is 29.2 Å². The van der Waals surface area contributed by atoms with Gasteiger partial charge in [0.2, 0.25) is 0 Å². The molecule has 0 spiro atoms. The smallest absolute Gasteiger partial charge is 0.317 e. The van der Waals surface area contributed by atoms with Crippen molar-refractivity contribution < 1.29 is 4.79 Å². The van der Waals surface area contributed by atoms with Gasteiger partial charge in [0.25, 0.3) is 0 Å². The Balaban J connectivity index is 1.66. The summed E-state index contributed by atoms with van der Waals surface area (Å²) >= 11 is 0. The highest BCUT2D eigenvalue weighted by atomic mass is 16.2. The molecule has 1 saturated heterocycles. The maximum Gasteiger partial charge on any atom is 0.323 e. The number of anilines is 1. The van der Waals surface area contributed by atoms with Crippen LogP contribution in [0.5, 0.6) is 0 Å². The topological polar surface area (TPSA) is 78.8 Å². The van der Waals surface area contributed by atoms with Gasteiger partial charge in [0, 0.05) is 36.6 Å². The van der Waals surface area contributed by atoms with Crippen molar-refractivity contribution in [2.75, 3.05) is 11.9 Å². The highest BCUT2D eigenvalue weighted by molar-refractivity contribution is 5.88. The first-order valence-corrected chi connectivity index (χ1v) is 9.08. The molecule has 2 amide bonds. The molecule has 1 fully saturated rings. The van der Waals surface area contributed by atoms with Crippen LogP contribution in [0, 0.1) is 19.8 Å². The van der Waals surface area contributed by atoms with Crippen LogP contribution in [0.2, 0.25) is 0 Å². The van der Waals surface area contributed by atoms with E-state index in [0.717, 1.165) is 49.3 Å². The molecule has 0 aromatic carbocycles. The van der Waals surface area contributed by atoms with Gasteiger partial charge in [-0.3, -0.25) is 15.1 Å². The van der Waals surface area contributed by atoms with E-state index in [9.17, 15) is 4.79 Å². The number of carbonyl (C=O) groups is 1. The SMILES string of the molecule is Cc1n[nH]c(C)c1C1CCCN1C(=O)Nc1ccn(CCC(C)C)n1. The van der Waals surface area contributed by atoms with Crippen LogP contribution in [0.15, 0.2) is 12.3 Å². The van der Waals surface area contributed by atoms with Crippen LogP contribution in [0.25, 0.3) is 0 Å². The Bertz CT molecular complexity index is 712. The Morgan fingerprint density at radius 1 is 1.44 bits per heavy atom. The summed E-state index contributed by atoms with van der Waals surface area (Å²) in [5, 5.41) is 14.7. The Labute approximate surface area is 148 Å². The van der Waals surface area contributed by atoms with E-state index in [1.54, 1.807) is 0 Å². The Morgan fingerprint density at radius 2 is 2.24 bits per heavy atom.